The van der Waals surface area contributed by atoms with Crippen molar-refractivity contribution in [1.29, 1.82) is 0 Å². The van der Waals surface area contributed by atoms with E-state index in [-0.39, 0.29) is 0 Å². The van der Waals surface area contributed by atoms with Crippen LogP contribution in [0.3, 0.4) is 0 Å². The summed E-state index contributed by atoms with van der Waals surface area (Å²) in [5.41, 5.74) is 2.21. The summed E-state index contributed by atoms with van der Waals surface area (Å²) >= 11 is 0. The van der Waals surface area contributed by atoms with Crippen LogP contribution < -0.4 is 0 Å². The maximum Gasteiger partial charge on any atom is 0.0633 e. The van der Waals surface area contributed by atoms with Gasteiger partial charge in [-0.1, -0.05) is 27.7 Å². The predicted molar refractivity (Wildman–Crippen MR) is 59.1 cm³/mol. The molecular formula is C12H20N2. The highest BCUT2D eigenvalue weighted by Gasteiger charge is 2.02. The molecule has 0 fully saturated rings. The molecule has 1 rings (SSSR count). The van der Waals surface area contributed by atoms with Gasteiger partial charge in [0.1, 0.15) is 0 Å². The van der Waals surface area contributed by atoms with Crippen LogP contribution in [0.4, 0.5) is 0 Å². The monoisotopic (exact) mass is 192 g/mol. The van der Waals surface area contributed by atoms with Gasteiger partial charge in [-0.15, -0.1) is 0 Å². The molecule has 1 aromatic heterocycles. The van der Waals surface area contributed by atoms with Crippen LogP contribution in [0.15, 0.2) is 12.1 Å². The van der Waals surface area contributed by atoms with Crippen molar-refractivity contribution in [3.05, 3.63) is 23.5 Å². The van der Waals surface area contributed by atoms with Crippen LogP contribution >= 0.6 is 0 Å². The molecule has 1 heterocycles. The van der Waals surface area contributed by atoms with E-state index in [1.807, 2.05) is 0 Å². The summed E-state index contributed by atoms with van der Waals surface area (Å²) < 4.78 is 0. The summed E-state index contributed by atoms with van der Waals surface area (Å²) in [5.74, 6) is 1.31. The first-order valence-corrected chi connectivity index (χ1v) is 5.39. The topological polar surface area (TPSA) is 25.8 Å². The molecule has 0 saturated carbocycles. The lowest BCUT2D eigenvalue weighted by atomic mass is 10.1. The molecule has 0 aliphatic rings. The Bertz CT molecular complexity index is 233. The normalized spacial score (nSPS) is 11.3. The predicted octanol–water partition coefficient (Wildman–Crippen LogP) is 2.87. The second kappa shape index (κ2) is 5.08. The van der Waals surface area contributed by atoms with Crippen LogP contribution in [-0.2, 0) is 12.8 Å². The molecule has 0 amide bonds. The Hall–Kier alpha value is -0.920. The molecule has 2 nitrogen and oxygen atoms in total. The molecule has 14 heavy (non-hydrogen) atoms. The molecule has 0 radical (unpaired) electrons. The molecule has 2 heteroatoms. The minimum absolute atomic E-state index is 0.653. The Kier molecular flexibility index (Phi) is 4.05. The van der Waals surface area contributed by atoms with Gasteiger partial charge in [0.05, 0.1) is 11.4 Å². The maximum absolute atomic E-state index is 4.22. The average Bonchev–Trinajstić information content (AvgIpc) is 2.06. The highest BCUT2D eigenvalue weighted by atomic mass is 15.1. The summed E-state index contributed by atoms with van der Waals surface area (Å²) in [7, 11) is 0. The van der Waals surface area contributed by atoms with E-state index in [1.165, 1.54) is 0 Å². The van der Waals surface area contributed by atoms with E-state index in [0.717, 1.165) is 24.2 Å². The average molecular weight is 192 g/mol. The molecule has 0 saturated heterocycles. The minimum atomic E-state index is 0.653. The first-order valence-electron chi connectivity index (χ1n) is 5.39. The highest BCUT2D eigenvalue weighted by molar-refractivity contribution is 5.07. The fourth-order valence-corrected chi connectivity index (χ4v) is 1.44. The number of hydrogen-bond donors (Lipinski definition) is 0. The number of aromatic nitrogens is 2. The fraction of sp³-hybridized carbons (Fsp3) is 0.667. The largest absolute Gasteiger partial charge is 0.155 e. The van der Waals surface area contributed by atoms with E-state index in [0.29, 0.717) is 11.8 Å². The van der Waals surface area contributed by atoms with E-state index >= 15 is 0 Å². The SMILES string of the molecule is CC(C)Cc1ccc(CC(C)C)nn1. The highest BCUT2D eigenvalue weighted by Crippen LogP contribution is 2.07. The Morgan fingerprint density at radius 1 is 0.857 bits per heavy atom. The summed E-state index contributed by atoms with van der Waals surface area (Å²) in [5, 5.41) is 8.44. The molecular weight excluding hydrogens is 172 g/mol. The summed E-state index contributed by atoms with van der Waals surface area (Å²) in [6, 6.07) is 4.20. The Labute approximate surface area is 86.8 Å². The van der Waals surface area contributed by atoms with E-state index in [1.54, 1.807) is 0 Å². The molecule has 0 unspecified atom stereocenters. The van der Waals surface area contributed by atoms with Crippen molar-refractivity contribution >= 4 is 0 Å². The van der Waals surface area contributed by atoms with Crippen molar-refractivity contribution in [3.8, 4) is 0 Å². The van der Waals surface area contributed by atoms with Crippen molar-refractivity contribution in [2.75, 3.05) is 0 Å². The number of nitrogens with zero attached hydrogens (tertiary/aromatic N) is 2. The van der Waals surface area contributed by atoms with Crippen LogP contribution in [0.1, 0.15) is 39.1 Å². The molecule has 78 valence electrons. The van der Waals surface area contributed by atoms with Crippen molar-refractivity contribution in [2.24, 2.45) is 11.8 Å². The fourth-order valence-electron chi connectivity index (χ4n) is 1.44. The third-order valence-corrected chi connectivity index (χ3v) is 2.01. The van der Waals surface area contributed by atoms with E-state index in [2.05, 4.69) is 50.0 Å². The van der Waals surface area contributed by atoms with Crippen molar-refractivity contribution in [3.63, 3.8) is 0 Å². The lowest BCUT2D eigenvalue weighted by Crippen LogP contribution is -2.03. The molecule has 0 N–H and O–H groups in total. The van der Waals surface area contributed by atoms with Gasteiger partial charge in [0.25, 0.3) is 0 Å². The van der Waals surface area contributed by atoms with Gasteiger partial charge < -0.3 is 0 Å². The lowest BCUT2D eigenvalue weighted by molar-refractivity contribution is 0.607. The van der Waals surface area contributed by atoms with Gasteiger partial charge in [-0.25, -0.2) is 0 Å². The van der Waals surface area contributed by atoms with Gasteiger partial charge in [0.2, 0.25) is 0 Å². The molecule has 0 spiro atoms. The van der Waals surface area contributed by atoms with Crippen LogP contribution in [-0.4, -0.2) is 10.2 Å². The smallest absolute Gasteiger partial charge is 0.0633 e. The Morgan fingerprint density at radius 3 is 1.43 bits per heavy atom. The van der Waals surface area contributed by atoms with Gasteiger partial charge in [-0.05, 0) is 36.8 Å². The summed E-state index contributed by atoms with van der Waals surface area (Å²) in [6.45, 7) is 8.79. The van der Waals surface area contributed by atoms with Crippen molar-refractivity contribution < 1.29 is 0 Å². The zero-order chi connectivity index (χ0) is 10.6. The second-order valence-corrected chi connectivity index (χ2v) is 4.71. The Morgan fingerprint density at radius 2 is 1.21 bits per heavy atom. The van der Waals surface area contributed by atoms with Gasteiger partial charge in [-0.2, -0.15) is 10.2 Å². The summed E-state index contributed by atoms with van der Waals surface area (Å²) in [4.78, 5) is 0. The third kappa shape index (κ3) is 3.86. The van der Waals surface area contributed by atoms with Crippen molar-refractivity contribution in [2.45, 2.75) is 40.5 Å². The lowest BCUT2D eigenvalue weighted by Gasteiger charge is -2.05. The molecule has 0 atom stereocenters. The van der Waals surface area contributed by atoms with E-state index < -0.39 is 0 Å². The van der Waals surface area contributed by atoms with E-state index in [9.17, 15) is 0 Å². The molecule has 0 aliphatic carbocycles. The van der Waals surface area contributed by atoms with Crippen LogP contribution in [0.2, 0.25) is 0 Å². The maximum atomic E-state index is 4.22. The van der Waals surface area contributed by atoms with Gasteiger partial charge in [0, 0.05) is 0 Å². The quantitative estimate of drug-likeness (QED) is 0.733. The summed E-state index contributed by atoms with van der Waals surface area (Å²) in [6.07, 6.45) is 2.05. The standard InChI is InChI=1S/C12H20N2/c1-9(2)7-11-5-6-12(14-13-11)8-10(3)4/h5-6,9-10H,7-8H2,1-4H3. The van der Waals surface area contributed by atoms with Crippen LogP contribution in [0.5, 0.6) is 0 Å². The Balaban J connectivity index is 2.59. The molecule has 1 aromatic rings. The van der Waals surface area contributed by atoms with E-state index in [4.69, 9.17) is 0 Å². The van der Waals surface area contributed by atoms with Gasteiger partial charge in [0.15, 0.2) is 0 Å². The molecule has 0 aromatic carbocycles. The zero-order valence-electron chi connectivity index (χ0n) is 9.62. The number of hydrogen-bond acceptors (Lipinski definition) is 2. The van der Waals surface area contributed by atoms with Crippen LogP contribution in [0.25, 0.3) is 0 Å². The third-order valence-electron chi connectivity index (χ3n) is 2.01. The van der Waals surface area contributed by atoms with Gasteiger partial charge in [-0.3, -0.25) is 0 Å². The second-order valence-electron chi connectivity index (χ2n) is 4.71. The van der Waals surface area contributed by atoms with Crippen LogP contribution in [0, 0.1) is 11.8 Å². The molecule has 0 aliphatic heterocycles. The van der Waals surface area contributed by atoms with Crippen molar-refractivity contribution in [1.82, 2.24) is 10.2 Å². The number of rotatable bonds is 4. The zero-order valence-corrected chi connectivity index (χ0v) is 9.62. The minimum Gasteiger partial charge on any atom is -0.155 e. The molecule has 0 bridgehead atoms. The first kappa shape index (κ1) is 11.2. The first-order chi connectivity index (χ1) is 6.58. The van der Waals surface area contributed by atoms with Gasteiger partial charge >= 0.3 is 0 Å².